The molecule has 8 heteroatoms. The van der Waals surface area contributed by atoms with Gasteiger partial charge in [-0.2, -0.15) is 0 Å². The van der Waals surface area contributed by atoms with Crippen molar-refractivity contribution in [1.29, 1.82) is 0 Å². The number of hydrogen-bond donors (Lipinski definition) is 2. The zero-order valence-corrected chi connectivity index (χ0v) is 18.2. The number of amides is 2. The molecule has 3 rings (SSSR count). The van der Waals surface area contributed by atoms with Gasteiger partial charge in [-0.25, -0.2) is 8.42 Å². The van der Waals surface area contributed by atoms with Gasteiger partial charge in [0.1, 0.15) is 0 Å². The van der Waals surface area contributed by atoms with Crippen LogP contribution in [0, 0.1) is 0 Å². The van der Waals surface area contributed by atoms with Gasteiger partial charge < -0.3 is 10.6 Å². The van der Waals surface area contributed by atoms with E-state index in [0.717, 1.165) is 38.5 Å². The molecule has 0 atom stereocenters. The van der Waals surface area contributed by atoms with Crippen LogP contribution in [-0.4, -0.2) is 37.3 Å². The summed E-state index contributed by atoms with van der Waals surface area (Å²) >= 11 is 6.19. The highest BCUT2D eigenvalue weighted by atomic mass is 35.5. The van der Waals surface area contributed by atoms with Crippen molar-refractivity contribution in [2.24, 2.45) is 0 Å². The second kappa shape index (κ2) is 9.94. The SMILES string of the molecule is O=C(CCS(=O)(=O)C1CCCC1)Nc1ccc(Cl)c(C(=O)NC2CCCCC2)c1. The number of halogens is 1. The maximum Gasteiger partial charge on any atom is 0.253 e. The number of nitrogens with one attached hydrogen (secondary N) is 2. The van der Waals surface area contributed by atoms with Crippen LogP contribution in [0.1, 0.15) is 74.6 Å². The first-order chi connectivity index (χ1) is 13.8. The molecule has 0 aliphatic heterocycles. The lowest BCUT2D eigenvalue weighted by Crippen LogP contribution is -2.36. The van der Waals surface area contributed by atoms with Gasteiger partial charge in [-0.3, -0.25) is 9.59 Å². The van der Waals surface area contributed by atoms with Gasteiger partial charge >= 0.3 is 0 Å². The zero-order chi connectivity index (χ0) is 20.9. The van der Waals surface area contributed by atoms with Crippen LogP contribution in [0.2, 0.25) is 5.02 Å². The third-order valence-corrected chi connectivity index (χ3v) is 8.45. The zero-order valence-electron chi connectivity index (χ0n) is 16.6. The summed E-state index contributed by atoms with van der Waals surface area (Å²) in [6.07, 6.45) is 8.53. The number of sulfone groups is 1. The van der Waals surface area contributed by atoms with Crippen LogP contribution in [-0.2, 0) is 14.6 Å². The first kappa shape index (κ1) is 22.1. The Morgan fingerprint density at radius 3 is 2.34 bits per heavy atom. The molecule has 160 valence electrons. The molecule has 2 N–H and O–H groups in total. The topological polar surface area (TPSA) is 92.3 Å². The highest BCUT2D eigenvalue weighted by molar-refractivity contribution is 7.92. The molecule has 0 spiro atoms. The van der Waals surface area contributed by atoms with Crippen molar-refractivity contribution in [3.63, 3.8) is 0 Å². The van der Waals surface area contributed by atoms with Crippen molar-refractivity contribution in [2.75, 3.05) is 11.1 Å². The van der Waals surface area contributed by atoms with E-state index in [4.69, 9.17) is 11.6 Å². The van der Waals surface area contributed by atoms with Crippen LogP contribution in [0.25, 0.3) is 0 Å². The highest BCUT2D eigenvalue weighted by Crippen LogP contribution is 2.26. The summed E-state index contributed by atoms with van der Waals surface area (Å²) in [5.41, 5.74) is 0.750. The third kappa shape index (κ3) is 6.19. The lowest BCUT2D eigenvalue weighted by molar-refractivity contribution is -0.115. The van der Waals surface area contributed by atoms with Crippen LogP contribution in [0.5, 0.6) is 0 Å². The average molecular weight is 441 g/mol. The minimum atomic E-state index is -3.24. The Balaban J connectivity index is 1.57. The van der Waals surface area contributed by atoms with Gasteiger partial charge in [0.15, 0.2) is 9.84 Å². The molecule has 2 saturated carbocycles. The molecule has 1 aromatic rings. The van der Waals surface area contributed by atoms with E-state index >= 15 is 0 Å². The Labute approximate surface area is 177 Å². The van der Waals surface area contributed by atoms with Crippen molar-refractivity contribution in [1.82, 2.24) is 5.32 Å². The molecule has 0 aromatic heterocycles. The second-order valence-electron chi connectivity index (χ2n) is 8.07. The standard InChI is InChI=1S/C21H29ClN2O4S/c22-19-11-10-16(14-18(19)21(26)24-15-6-2-1-3-7-15)23-20(25)12-13-29(27,28)17-8-4-5-9-17/h10-11,14-15,17H,1-9,12-13H2,(H,23,25)(H,24,26). The summed E-state index contributed by atoms with van der Waals surface area (Å²) in [4.78, 5) is 24.8. The van der Waals surface area contributed by atoms with E-state index in [1.54, 1.807) is 18.2 Å². The fraction of sp³-hybridized carbons (Fsp3) is 0.619. The van der Waals surface area contributed by atoms with E-state index in [0.29, 0.717) is 29.1 Å². The van der Waals surface area contributed by atoms with Crippen molar-refractivity contribution in [2.45, 2.75) is 75.5 Å². The predicted molar refractivity (Wildman–Crippen MR) is 115 cm³/mol. The molecule has 2 amide bonds. The van der Waals surface area contributed by atoms with E-state index in [2.05, 4.69) is 10.6 Å². The number of hydrogen-bond acceptors (Lipinski definition) is 4. The van der Waals surface area contributed by atoms with Gasteiger partial charge in [0.2, 0.25) is 5.91 Å². The van der Waals surface area contributed by atoms with Crippen LogP contribution < -0.4 is 10.6 Å². The Morgan fingerprint density at radius 1 is 1.00 bits per heavy atom. The summed E-state index contributed by atoms with van der Waals surface area (Å²) in [5, 5.41) is 5.72. The van der Waals surface area contributed by atoms with Gasteiger partial charge in [-0.15, -0.1) is 0 Å². The van der Waals surface area contributed by atoms with Gasteiger partial charge in [0.05, 0.1) is 21.6 Å². The lowest BCUT2D eigenvalue weighted by atomic mass is 9.95. The lowest BCUT2D eigenvalue weighted by Gasteiger charge is -2.23. The Kier molecular flexibility index (Phi) is 7.57. The highest BCUT2D eigenvalue weighted by Gasteiger charge is 2.29. The van der Waals surface area contributed by atoms with Crippen LogP contribution in [0.3, 0.4) is 0 Å². The summed E-state index contributed by atoms with van der Waals surface area (Å²) in [6, 6.07) is 4.89. The Morgan fingerprint density at radius 2 is 1.66 bits per heavy atom. The molecule has 0 saturated heterocycles. The van der Waals surface area contributed by atoms with Gasteiger partial charge in [0, 0.05) is 18.2 Å². The molecule has 0 bridgehead atoms. The van der Waals surface area contributed by atoms with Crippen molar-refractivity contribution in [3.05, 3.63) is 28.8 Å². The van der Waals surface area contributed by atoms with E-state index in [1.165, 1.54) is 6.42 Å². The molecule has 2 fully saturated rings. The molecule has 29 heavy (non-hydrogen) atoms. The quantitative estimate of drug-likeness (QED) is 0.667. The van der Waals surface area contributed by atoms with Crippen LogP contribution in [0.4, 0.5) is 5.69 Å². The van der Waals surface area contributed by atoms with E-state index in [1.807, 2.05) is 0 Å². The monoisotopic (exact) mass is 440 g/mol. The van der Waals surface area contributed by atoms with Crippen LogP contribution >= 0.6 is 11.6 Å². The number of carbonyl (C=O) groups excluding carboxylic acids is 2. The van der Waals surface area contributed by atoms with E-state index in [9.17, 15) is 18.0 Å². The van der Waals surface area contributed by atoms with Gasteiger partial charge in [0.25, 0.3) is 5.91 Å². The Bertz CT molecular complexity index is 844. The largest absolute Gasteiger partial charge is 0.349 e. The minimum absolute atomic E-state index is 0.0922. The fourth-order valence-corrected chi connectivity index (χ4v) is 6.22. The normalized spacial score (nSPS) is 18.5. The third-order valence-electron chi connectivity index (χ3n) is 5.86. The molecular formula is C21H29ClN2O4S. The number of carbonyl (C=O) groups is 2. The maximum atomic E-state index is 12.6. The first-order valence-electron chi connectivity index (χ1n) is 10.5. The number of benzene rings is 1. The van der Waals surface area contributed by atoms with E-state index < -0.39 is 9.84 Å². The van der Waals surface area contributed by atoms with E-state index in [-0.39, 0.29) is 35.3 Å². The summed E-state index contributed by atoms with van der Waals surface area (Å²) in [5.74, 6) is -0.777. The Hall–Kier alpha value is -1.60. The maximum absolute atomic E-state index is 12.6. The molecule has 6 nitrogen and oxygen atoms in total. The molecule has 0 radical (unpaired) electrons. The number of rotatable bonds is 7. The second-order valence-corrected chi connectivity index (χ2v) is 10.9. The first-order valence-corrected chi connectivity index (χ1v) is 12.6. The summed E-state index contributed by atoms with van der Waals surface area (Å²) in [7, 11) is -3.24. The molecule has 0 heterocycles. The van der Waals surface area contributed by atoms with Gasteiger partial charge in [-0.1, -0.05) is 43.7 Å². The average Bonchev–Trinajstić information content (AvgIpc) is 3.25. The molecular weight excluding hydrogens is 412 g/mol. The van der Waals surface area contributed by atoms with Crippen molar-refractivity contribution < 1.29 is 18.0 Å². The van der Waals surface area contributed by atoms with Crippen molar-refractivity contribution in [3.8, 4) is 0 Å². The summed E-state index contributed by atoms with van der Waals surface area (Å²) < 4.78 is 24.6. The molecule has 1 aromatic carbocycles. The predicted octanol–water partition coefficient (Wildman–Crippen LogP) is 4.09. The molecule has 0 unspecified atom stereocenters. The van der Waals surface area contributed by atoms with Crippen LogP contribution in [0.15, 0.2) is 18.2 Å². The fourth-order valence-electron chi connectivity index (χ4n) is 4.16. The smallest absolute Gasteiger partial charge is 0.253 e. The van der Waals surface area contributed by atoms with Crippen molar-refractivity contribution >= 4 is 38.9 Å². The number of anilines is 1. The summed E-state index contributed by atoms with van der Waals surface area (Å²) in [6.45, 7) is 0. The van der Waals surface area contributed by atoms with Gasteiger partial charge in [-0.05, 0) is 43.9 Å². The molecule has 2 aliphatic rings. The minimum Gasteiger partial charge on any atom is -0.349 e. The molecule has 2 aliphatic carbocycles.